The first-order valence-electron chi connectivity index (χ1n) is 10.4. The minimum atomic E-state index is -0.135. The van der Waals surface area contributed by atoms with Crippen molar-refractivity contribution in [2.75, 3.05) is 7.11 Å². The summed E-state index contributed by atoms with van der Waals surface area (Å²) >= 11 is 0. The highest BCUT2D eigenvalue weighted by atomic mass is 16.5. The van der Waals surface area contributed by atoms with Gasteiger partial charge in [0.25, 0.3) is 5.91 Å². The van der Waals surface area contributed by atoms with Crippen molar-refractivity contribution in [1.82, 2.24) is 20.1 Å². The zero-order valence-corrected chi connectivity index (χ0v) is 17.8. The van der Waals surface area contributed by atoms with E-state index in [1.807, 2.05) is 50.4 Å². The first kappa shape index (κ1) is 19.4. The van der Waals surface area contributed by atoms with Gasteiger partial charge in [0, 0.05) is 7.05 Å². The third-order valence-electron chi connectivity index (χ3n) is 5.84. The first-order chi connectivity index (χ1) is 15.0. The van der Waals surface area contributed by atoms with Crippen LogP contribution in [0.2, 0.25) is 0 Å². The molecule has 1 aliphatic carbocycles. The molecule has 158 valence electrons. The Morgan fingerprint density at radius 1 is 1.26 bits per heavy atom. The monoisotopic (exact) mass is 416 g/mol. The van der Waals surface area contributed by atoms with Gasteiger partial charge in [-0.05, 0) is 61.6 Å². The van der Waals surface area contributed by atoms with E-state index in [2.05, 4.69) is 10.4 Å². The van der Waals surface area contributed by atoms with Gasteiger partial charge in [-0.1, -0.05) is 12.1 Å². The van der Waals surface area contributed by atoms with Crippen LogP contribution in [0, 0.1) is 12.8 Å². The number of pyridine rings is 1. The molecule has 1 atom stereocenters. The van der Waals surface area contributed by atoms with Crippen molar-refractivity contribution in [3.63, 3.8) is 0 Å². The summed E-state index contributed by atoms with van der Waals surface area (Å²) in [4.78, 5) is 18.2. The molecule has 1 aromatic carbocycles. The van der Waals surface area contributed by atoms with Crippen molar-refractivity contribution in [3.8, 4) is 17.2 Å². The van der Waals surface area contributed by atoms with Gasteiger partial charge >= 0.3 is 0 Å². The molecule has 0 unspecified atom stereocenters. The maximum atomic E-state index is 13.5. The zero-order chi connectivity index (χ0) is 21.5. The van der Waals surface area contributed by atoms with E-state index in [-0.39, 0.29) is 11.9 Å². The normalized spacial score (nSPS) is 14.5. The molecule has 0 aliphatic heterocycles. The second kappa shape index (κ2) is 7.58. The average Bonchev–Trinajstić information content (AvgIpc) is 3.39. The van der Waals surface area contributed by atoms with Gasteiger partial charge in [-0.15, -0.1) is 0 Å². The first-order valence-corrected chi connectivity index (χ1v) is 10.4. The smallest absolute Gasteiger partial charge is 0.252 e. The molecular formula is C24H24N4O3. The molecule has 5 rings (SSSR count). The molecule has 0 bridgehead atoms. The van der Waals surface area contributed by atoms with E-state index >= 15 is 0 Å². The highest BCUT2D eigenvalue weighted by Crippen LogP contribution is 2.41. The van der Waals surface area contributed by atoms with E-state index in [9.17, 15) is 4.79 Å². The summed E-state index contributed by atoms with van der Waals surface area (Å²) < 4.78 is 12.5. The van der Waals surface area contributed by atoms with Crippen LogP contribution in [0.5, 0.6) is 5.75 Å². The third-order valence-corrected chi connectivity index (χ3v) is 5.84. The predicted molar refractivity (Wildman–Crippen MR) is 117 cm³/mol. The van der Waals surface area contributed by atoms with E-state index in [1.165, 1.54) is 0 Å². The Bertz CT molecular complexity index is 1240. The second-order valence-corrected chi connectivity index (χ2v) is 8.00. The number of rotatable bonds is 6. The number of methoxy groups -OCH3 is 1. The van der Waals surface area contributed by atoms with Gasteiger partial charge in [-0.25, -0.2) is 4.98 Å². The number of aryl methyl sites for hydroxylation is 2. The number of benzene rings is 1. The number of carbonyl (C=O) groups is 1. The predicted octanol–water partition coefficient (Wildman–Crippen LogP) is 4.43. The van der Waals surface area contributed by atoms with Crippen LogP contribution in [0.4, 0.5) is 0 Å². The molecule has 3 aromatic heterocycles. The maximum Gasteiger partial charge on any atom is 0.252 e. The lowest BCUT2D eigenvalue weighted by molar-refractivity contribution is 0.0933. The van der Waals surface area contributed by atoms with E-state index in [4.69, 9.17) is 14.1 Å². The lowest BCUT2D eigenvalue weighted by Crippen LogP contribution is -2.30. The Morgan fingerprint density at radius 2 is 2.03 bits per heavy atom. The number of hydrogen-bond acceptors (Lipinski definition) is 5. The number of nitrogens with one attached hydrogen (secondary N) is 1. The van der Waals surface area contributed by atoms with Crippen molar-refractivity contribution in [2.24, 2.45) is 13.0 Å². The lowest BCUT2D eigenvalue weighted by atomic mass is 10.0. The van der Waals surface area contributed by atoms with Crippen LogP contribution in [0.3, 0.4) is 0 Å². The summed E-state index contributed by atoms with van der Waals surface area (Å²) in [7, 11) is 3.48. The molecule has 4 aromatic rings. The summed E-state index contributed by atoms with van der Waals surface area (Å²) in [5.74, 6) is 1.72. The number of fused-ring (bicyclic) bond motifs is 1. The van der Waals surface area contributed by atoms with Crippen LogP contribution in [0.25, 0.3) is 22.5 Å². The highest BCUT2D eigenvalue weighted by Gasteiger charge is 2.34. The van der Waals surface area contributed by atoms with Crippen LogP contribution < -0.4 is 10.1 Å². The molecule has 31 heavy (non-hydrogen) atoms. The molecular weight excluding hydrogens is 392 g/mol. The maximum absolute atomic E-state index is 13.5. The van der Waals surface area contributed by atoms with Crippen LogP contribution in [-0.2, 0) is 7.05 Å². The van der Waals surface area contributed by atoms with Gasteiger partial charge in [0.2, 0.25) is 0 Å². The van der Waals surface area contributed by atoms with E-state index in [0.29, 0.717) is 28.6 Å². The number of hydrogen-bond donors (Lipinski definition) is 1. The van der Waals surface area contributed by atoms with Gasteiger partial charge in [0.05, 0.1) is 36.1 Å². The van der Waals surface area contributed by atoms with Crippen LogP contribution in [-0.4, -0.2) is 27.8 Å². The Hall–Kier alpha value is -3.61. The van der Waals surface area contributed by atoms with Crippen molar-refractivity contribution in [1.29, 1.82) is 0 Å². The molecule has 1 N–H and O–H groups in total. The van der Waals surface area contributed by atoms with E-state index in [0.717, 1.165) is 35.2 Å². The van der Waals surface area contributed by atoms with Crippen molar-refractivity contribution in [2.45, 2.75) is 25.8 Å². The number of aromatic nitrogens is 3. The van der Waals surface area contributed by atoms with Gasteiger partial charge < -0.3 is 14.5 Å². The topological polar surface area (TPSA) is 82.2 Å². The summed E-state index contributed by atoms with van der Waals surface area (Å²) in [6.07, 6.45) is 3.81. The molecule has 7 nitrogen and oxygen atoms in total. The van der Waals surface area contributed by atoms with Crippen molar-refractivity contribution in [3.05, 3.63) is 65.5 Å². The van der Waals surface area contributed by atoms with Gasteiger partial charge in [0.1, 0.15) is 11.4 Å². The average molecular weight is 416 g/mol. The third kappa shape index (κ3) is 3.56. The zero-order valence-electron chi connectivity index (χ0n) is 17.8. The van der Waals surface area contributed by atoms with Crippen LogP contribution >= 0.6 is 0 Å². The molecule has 7 heteroatoms. The van der Waals surface area contributed by atoms with Gasteiger partial charge in [-0.2, -0.15) is 5.10 Å². The number of nitrogens with zero attached hydrogens (tertiary/aromatic N) is 3. The minimum Gasteiger partial charge on any atom is -0.497 e. The van der Waals surface area contributed by atoms with E-state index in [1.54, 1.807) is 24.1 Å². The Labute approximate surface area is 180 Å². The minimum absolute atomic E-state index is 0.0503. The number of ether oxygens (including phenoxy) is 1. The lowest BCUT2D eigenvalue weighted by Gasteiger charge is -2.20. The SMILES string of the molecule is COc1ccc([C@H](NC(=O)c2cc(-c3ccco3)nc3c2c(C)nn3C)C2CC2)cc1. The van der Waals surface area contributed by atoms with Crippen LogP contribution in [0.15, 0.2) is 53.1 Å². The quantitative estimate of drug-likeness (QED) is 0.503. The van der Waals surface area contributed by atoms with Crippen molar-refractivity contribution < 1.29 is 13.9 Å². The summed E-state index contributed by atoms with van der Waals surface area (Å²) in [6.45, 7) is 1.90. The summed E-state index contributed by atoms with van der Waals surface area (Å²) in [5.41, 5.74) is 3.67. The highest BCUT2D eigenvalue weighted by molar-refractivity contribution is 6.07. The number of amides is 1. The molecule has 1 amide bonds. The summed E-state index contributed by atoms with van der Waals surface area (Å²) in [6, 6.07) is 13.3. The van der Waals surface area contributed by atoms with Gasteiger partial charge in [0.15, 0.2) is 11.4 Å². The molecule has 3 heterocycles. The largest absolute Gasteiger partial charge is 0.497 e. The standard InChI is InChI=1S/C24H24N4O3/c1-14-21-18(13-19(20-5-4-12-31-20)25-23(21)28(2)27-14)24(29)26-22(15-6-7-15)16-8-10-17(30-3)11-9-16/h4-5,8-13,15,22H,6-7H2,1-3H3,(H,26,29)/t22-/m1/s1. The fraction of sp³-hybridized carbons (Fsp3) is 0.292. The van der Waals surface area contributed by atoms with E-state index < -0.39 is 0 Å². The van der Waals surface area contributed by atoms with Crippen LogP contribution in [0.1, 0.15) is 40.5 Å². The Morgan fingerprint density at radius 3 is 2.68 bits per heavy atom. The Balaban J connectivity index is 1.55. The fourth-order valence-corrected chi connectivity index (χ4v) is 4.11. The number of carbonyl (C=O) groups excluding carboxylic acids is 1. The Kier molecular flexibility index (Phi) is 4.73. The molecule has 1 fully saturated rings. The molecule has 0 saturated heterocycles. The second-order valence-electron chi connectivity index (χ2n) is 8.00. The van der Waals surface area contributed by atoms with Crippen molar-refractivity contribution >= 4 is 16.9 Å². The fourth-order valence-electron chi connectivity index (χ4n) is 4.11. The summed E-state index contributed by atoms with van der Waals surface area (Å²) in [5, 5.41) is 8.53. The molecule has 1 aliphatic rings. The molecule has 0 radical (unpaired) electrons. The number of furan rings is 1. The molecule has 1 saturated carbocycles. The van der Waals surface area contributed by atoms with Gasteiger partial charge in [-0.3, -0.25) is 9.48 Å². The molecule has 0 spiro atoms.